The summed E-state index contributed by atoms with van der Waals surface area (Å²) in [5.41, 5.74) is 1.77. The molecule has 0 bridgehead atoms. The number of hydrogen-bond acceptors (Lipinski definition) is 4. The molecule has 1 aliphatic heterocycles. The summed E-state index contributed by atoms with van der Waals surface area (Å²) >= 11 is 0. The van der Waals surface area contributed by atoms with Crippen molar-refractivity contribution in [2.45, 2.75) is 39.5 Å². The Morgan fingerprint density at radius 3 is 2.93 bits per heavy atom. The van der Waals surface area contributed by atoms with Crippen molar-refractivity contribution in [2.24, 2.45) is 5.92 Å². The van der Waals surface area contributed by atoms with Crippen molar-refractivity contribution in [3.63, 3.8) is 0 Å². The zero-order valence-corrected chi connectivity index (χ0v) is 16.1. The number of nitrogens with zero attached hydrogens (tertiary/aromatic N) is 1. The Hall–Kier alpha value is -2.31. The van der Waals surface area contributed by atoms with E-state index in [1.165, 1.54) is 0 Å². The summed E-state index contributed by atoms with van der Waals surface area (Å²) in [5, 5.41) is 5.90. The van der Waals surface area contributed by atoms with Gasteiger partial charge in [-0.25, -0.2) is 4.79 Å². The van der Waals surface area contributed by atoms with Crippen LogP contribution in [-0.2, 0) is 18.0 Å². The zero-order valence-electron chi connectivity index (χ0n) is 16.1. The molecular weight excluding hydrogens is 342 g/mol. The first-order valence-corrected chi connectivity index (χ1v) is 9.58. The van der Waals surface area contributed by atoms with Crippen LogP contribution < -0.4 is 10.6 Å². The van der Waals surface area contributed by atoms with Crippen LogP contribution in [-0.4, -0.2) is 36.6 Å². The molecule has 146 valence electrons. The highest BCUT2D eigenvalue weighted by molar-refractivity contribution is 5.89. The van der Waals surface area contributed by atoms with Gasteiger partial charge in [-0.05, 0) is 62.6 Å². The van der Waals surface area contributed by atoms with Crippen LogP contribution in [0.3, 0.4) is 0 Å². The highest BCUT2D eigenvalue weighted by Gasteiger charge is 2.24. The third-order valence-electron chi connectivity index (χ3n) is 4.88. The summed E-state index contributed by atoms with van der Waals surface area (Å²) in [6.07, 6.45) is 2.77. The van der Waals surface area contributed by atoms with Gasteiger partial charge >= 0.3 is 6.03 Å². The van der Waals surface area contributed by atoms with E-state index in [2.05, 4.69) is 29.4 Å². The van der Waals surface area contributed by atoms with Crippen molar-refractivity contribution in [2.75, 3.05) is 25.0 Å². The van der Waals surface area contributed by atoms with E-state index in [9.17, 15) is 4.79 Å². The number of carbonyl (C=O) groups excluding carboxylic acids is 1. The molecule has 1 unspecified atom stereocenters. The summed E-state index contributed by atoms with van der Waals surface area (Å²) in [6.45, 7) is 8.21. The highest BCUT2D eigenvalue weighted by Crippen LogP contribution is 2.18. The lowest BCUT2D eigenvalue weighted by Crippen LogP contribution is -2.35. The molecule has 1 aromatic carbocycles. The van der Waals surface area contributed by atoms with Crippen molar-refractivity contribution in [1.82, 2.24) is 10.2 Å². The largest absolute Gasteiger partial charge is 0.467 e. The van der Waals surface area contributed by atoms with Gasteiger partial charge < -0.3 is 24.7 Å². The third kappa shape index (κ3) is 6.12. The molecule has 6 heteroatoms. The van der Waals surface area contributed by atoms with Gasteiger partial charge in [-0.2, -0.15) is 0 Å². The molecule has 0 saturated carbocycles. The monoisotopic (exact) mass is 371 g/mol. The van der Waals surface area contributed by atoms with Crippen molar-refractivity contribution >= 4 is 11.7 Å². The Kier molecular flexibility index (Phi) is 6.90. The predicted molar refractivity (Wildman–Crippen MR) is 105 cm³/mol. The number of furan rings is 1. The van der Waals surface area contributed by atoms with E-state index in [4.69, 9.17) is 9.15 Å². The van der Waals surface area contributed by atoms with Crippen molar-refractivity contribution in [3.05, 3.63) is 54.0 Å². The maximum Gasteiger partial charge on any atom is 0.319 e. The first-order valence-electron chi connectivity index (χ1n) is 9.58. The minimum absolute atomic E-state index is 0.161. The normalized spacial score (nSPS) is 17.4. The minimum Gasteiger partial charge on any atom is -0.467 e. The van der Waals surface area contributed by atoms with E-state index in [0.717, 1.165) is 36.5 Å². The standard InChI is InChI=1S/C21H29N3O3/c1-16(2)24-9-8-18(13-24)12-22-21(25)23-19-6-3-5-17(11-19)14-26-15-20-7-4-10-27-20/h3-7,10-11,16,18H,8-9,12-15H2,1-2H3,(H2,22,23,25). The molecule has 2 heterocycles. The van der Waals surface area contributed by atoms with Gasteiger partial charge in [0.2, 0.25) is 0 Å². The number of ether oxygens (including phenoxy) is 1. The lowest BCUT2D eigenvalue weighted by molar-refractivity contribution is 0.0930. The second-order valence-electron chi connectivity index (χ2n) is 7.35. The molecule has 1 atom stereocenters. The van der Waals surface area contributed by atoms with Crippen LogP contribution in [0.1, 0.15) is 31.6 Å². The van der Waals surface area contributed by atoms with Crippen LogP contribution in [0.5, 0.6) is 0 Å². The van der Waals surface area contributed by atoms with Gasteiger partial charge in [0.15, 0.2) is 0 Å². The van der Waals surface area contributed by atoms with Gasteiger partial charge in [0.1, 0.15) is 12.4 Å². The summed E-state index contributed by atoms with van der Waals surface area (Å²) < 4.78 is 10.9. The molecule has 1 aliphatic rings. The number of amides is 2. The molecule has 27 heavy (non-hydrogen) atoms. The maximum atomic E-state index is 12.2. The zero-order chi connectivity index (χ0) is 19.1. The predicted octanol–water partition coefficient (Wildman–Crippen LogP) is 3.85. The van der Waals surface area contributed by atoms with Crippen LogP contribution >= 0.6 is 0 Å². The quantitative estimate of drug-likeness (QED) is 0.740. The SMILES string of the molecule is CC(C)N1CCC(CNC(=O)Nc2cccc(COCc3ccco3)c2)C1. The Bertz CT molecular complexity index is 715. The summed E-state index contributed by atoms with van der Waals surface area (Å²) in [6, 6.07) is 11.8. The van der Waals surface area contributed by atoms with Crippen molar-refractivity contribution in [1.29, 1.82) is 0 Å². The van der Waals surface area contributed by atoms with E-state index in [0.29, 0.717) is 31.7 Å². The minimum atomic E-state index is -0.161. The number of carbonyl (C=O) groups is 1. The third-order valence-corrected chi connectivity index (χ3v) is 4.88. The number of rotatable bonds is 8. The van der Waals surface area contributed by atoms with Gasteiger partial charge in [-0.15, -0.1) is 0 Å². The molecule has 1 fully saturated rings. The molecule has 1 aromatic heterocycles. The van der Waals surface area contributed by atoms with Crippen LogP contribution in [0.4, 0.5) is 10.5 Å². The fourth-order valence-corrected chi connectivity index (χ4v) is 3.31. The highest BCUT2D eigenvalue weighted by atomic mass is 16.5. The van der Waals surface area contributed by atoms with Crippen LogP contribution in [0.25, 0.3) is 0 Å². The second-order valence-corrected chi connectivity index (χ2v) is 7.35. The smallest absolute Gasteiger partial charge is 0.319 e. The Labute approximate surface area is 160 Å². The first kappa shape index (κ1) is 19.5. The van der Waals surface area contributed by atoms with Crippen molar-refractivity contribution < 1.29 is 13.9 Å². The maximum absolute atomic E-state index is 12.2. The number of urea groups is 1. The molecule has 6 nitrogen and oxygen atoms in total. The molecular formula is C21H29N3O3. The first-order chi connectivity index (χ1) is 13.1. The lowest BCUT2D eigenvalue weighted by Gasteiger charge is -2.20. The lowest BCUT2D eigenvalue weighted by atomic mass is 10.1. The van der Waals surface area contributed by atoms with E-state index in [-0.39, 0.29) is 6.03 Å². The molecule has 3 rings (SSSR count). The molecule has 2 aromatic rings. The fourth-order valence-electron chi connectivity index (χ4n) is 3.31. The van der Waals surface area contributed by atoms with E-state index >= 15 is 0 Å². The molecule has 0 aliphatic carbocycles. The second kappa shape index (κ2) is 9.58. The summed E-state index contributed by atoms with van der Waals surface area (Å²) in [7, 11) is 0. The number of nitrogens with one attached hydrogen (secondary N) is 2. The molecule has 0 radical (unpaired) electrons. The van der Waals surface area contributed by atoms with E-state index in [1.54, 1.807) is 6.26 Å². The van der Waals surface area contributed by atoms with Crippen LogP contribution in [0.2, 0.25) is 0 Å². The van der Waals surface area contributed by atoms with Gasteiger partial charge in [-0.1, -0.05) is 12.1 Å². The fraction of sp³-hybridized carbons (Fsp3) is 0.476. The topological polar surface area (TPSA) is 66.7 Å². The Morgan fingerprint density at radius 2 is 2.19 bits per heavy atom. The summed E-state index contributed by atoms with van der Waals surface area (Å²) in [5.74, 6) is 1.33. The number of benzene rings is 1. The molecule has 2 N–H and O–H groups in total. The Balaban J connectivity index is 1.40. The number of hydrogen-bond donors (Lipinski definition) is 2. The number of likely N-dealkylation sites (tertiary alicyclic amines) is 1. The van der Waals surface area contributed by atoms with Crippen LogP contribution in [0, 0.1) is 5.92 Å². The molecule has 2 amide bonds. The van der Waals surface area contributed by atoms with Gasteiger partial charge in [0, 0.05) is 24.8 Å². The summed E-state index contributed by atoms with van der Waals surface area (Å²) in [4.78, 5) is 14.6. The average Bonchev–Trinajstić information content (AvgIpc) is 3.32. The van der Waals surface area contributed by atoms with Gasteiger partial charge in [-0.3, -0.25) is 0 Å². The van der Waals surface area contributed by atoms with Crippen molar-refractivity contribution in [3.8, 4) is 0 Å². The van der Waals surface area contributed by atoms with E-state index in [1.807, 2.05) is 36.4 Å². The van der Waals surface area contributed by atoms with E-state index < -0.39 is 0 Å². The average molecular weight is 371 g/mol. The van der Waals surface area contributed by atoms with Gasteiger partial charge in [0.25, 0.3) is 0 Å². The van der Waals surface area contributed by atoms with Gasteiger partial charge in [0.05, 0.1) is 12.9 Å². The molecule has 1 saturated heterocycles. The Morgan fingerprint density at radius 1 is 1.30 bits per heavy atom. The molecule has 0 spiro atoms. The number of anilines is 1. The van der Waals surface area contributed by atoms with Crippen LogP contribution in [0.15, 0.2) is 47.1 Å².